The van der Waals surface area contributed by atoms with E-state index in [0.717, 1.165) is 16.9 Å². The van der Waals surface area contributed by atoms with E-state index in [-0.39, 0.29) is 12.5 Å². The largest absolute Gasteiger partial charge is 0.497 e. The molecule has 1 N–H and O–H groups in total. The lowest BCUT2D eigenvalue weighted by atomic mass is 10.1. The number of ether oxygens (including phenoxy) is 3. The number of carbonyl (C=O) groups excluding carboxylic acids is 1. The van der Waals surface area contributed by atoms with Crippen LogP contribution >= 0.6 is 0 Å². The Kier molecular flexibility index (Phi) is 5.46. The minimum atomic E-state index is -0.254. The number of carbonyl (C=O) groups is 1. The fourth-order valence-electron chi connectivity index (χ4n) is 2.25. The standard InChI is InChI=1S/C18H21NO4/c1-12-6-5-7-13(2)18(12)23-11-17(20)19-15-9-8-14(21-3)10-16(15)22-4/h5-10H,11H2,1-4H3,(H,19,20). The Balaban J connectivity index is 2.03. The molecule has 0 bridgehead atoms. The highest BCUT2D eigenvalue weighted by molar-refractivity contribution is 5.93. The zero-order chi connectivity index (χ0) is 16.8. The number of hydrogen-bond donors (Lipinski definition) is 1. The Bertz CT molecular complexity index is 677. The summed E-state index contributed by atoms with van der Waals surface area (Å²) in [5, 5.41) is 2.78. The first-order valence-electron chi connectivity index (χ1n) is 7.26. The van der Waals surface area contributed by atoms with Crippen LogP contribution in [-0.4, -0.2) is 26.7 Å². The molecule has 23 heavy (non-hydrogen) atoms. The molecule has 0 heterocycles. The molecule has 2 rings (SSSR count). The van der Waals surface area contributed by atoms with Crippen LogP contribution in [-0.2, 0) is 4.79 Å². The monoisotopic (exact) mass is 315 g/mol. The van der Waals surface area contributed by atoms with Crippen molar-refractivity contribution in [2.75, 3.05) is 26.1 Å². The van der Waals surface area contributed by atoms with Gasteiger partial charge < -0.3 is 19.5 Å². The fourth-order valence-corrected chi connectivity index (χ4v) is 2.25. The minimum absolute atomic E-state index is 0.0686. The first-order chi connectivity index (χ1) is 11.0. The highest BCUT2D eigenvalue weighted by Crippen LogP contribution is 2.29. The number of aryl methyl sites for hydroxylation is 2. The number of amides is 1. The van der Waals surface area contributed by atoms with Crippen molar-refractivity contribution >= 4 is 11.6 Å². The van der Waals surface area contributed by atoms with Crippen molar-refractivity contribution in [3.05, 3.63) is 47.5 Å². The average molecular weight is 315 g/mol. The summed E-state index contributed by atoms with van der Waals surface area (Å²) < 4.78 is 16.0. The van der Waals surface area contributed by atoms with Crippen molar-refractivity contribution in [3.8, 4) is 17.2 Å². The van der Waals surface area contributed by atoms with Crippen LogP contribution in [0.4, 0.5) is 5.69 Å². The molecule has 0 aliphatic rings. The molecule has 1 amide bonds. The number of methoxy groups -OCH3 is 2. The second-order valence-electron chi connectivity index (χ2n) is 5.12. The van der Waals surface area contributed by atoms with E-state index >= 15 is 0 Å². The molecule has 0 spiro atoms. The molecule has 5 nitrogen and oxygen atoms in total. The second kappa shape index (κ2) is 7.54. The molecular formula is C18H21NO4. The summed E-state index contributed by atoms with van der Waals surface area (Å²) >= 11 is 0. The van der Waals surface area contributed by atoms with Gasteiger partial charge in [0.05, 0.1) is 19.9 Å². The smallest absolute Gasteiger partial charge is 0.262 e. The summed E-state index contributed by atoms with van der Waals surface area (Å²) in [7, 11) is 3.11. The fraction of sp³-hybridized carbons (Fsp3) is 0.278. The van der Waals surface area contributed by atoms with Crippen molar-refractivity contribution in [2.24, 2.45) is 0 Å². The normalized spacial score (nSPS) is 10.1. The third kappa shape index (κ3) is 4.16. The van der Waals surface area contributed by atoms with Crippen molar-refractivity contribution in [3.63, 3.8) is 0 Å². The molecule has 122 valence electrons. The number of nitrogens with one attached hydrogen (secondary N) is 1. The van der Waals surface area contributed by atoms with Gasteiger partial charge in [0, 0.05) is 6.07 Å². The van der Waals surface area contributed by atoms with Crippen LogP contribution in [0.1, 0.15) is 11.1 Å². The summed E-state index contributed by atoms with van der Waals surface area (Å²) in [5.74, 6) is 1.68. The molecule has 0 atom stereocenters. The van der Waals surface area contributed by atoms with Crippen molar-refractivity contribution in [1.82, 2.24) is 0 Å². The van der Waals surface area contributed by atoms with Gasteiger partial charge in [0.2, 0.25) is 0 Å². The molecule has 0 aromatic heterocycles. The molecule has 0 unspecified atom stereocenters. The number of rotatable bonds is 6. The molecule has 0 aliphatic carbocycles. The van der Waals surface area contributed by atoms with Gasteiger partial charge in [-0.3, -0.25) is 4.79 Å². The van der Waals surface area contributed by atoms with E-state index in [4.69, 9.17) is 14.2 Å². The molecular weight excluding hydrogens is 294 g/mol. The molecule has 0 fully saturated rings. The van der Waals surface area contributed by atoms with Gasteiger partial charge in [-0.2, -0.15) is 0 Å². The van der Waals surface area contributed by atoms with Gasteiger partial charge in [-0.15, -0.1) is 0 Å². The predicted octanol–water partition coefficient (Wildman–Crippen LogP) is 3.34. The van der Waals surface area contributed by atoms with Gasteiger partial charge in [-0.05, 0) is 37.1 Å². The molecule has 0 aliphatic heterocycles. The van der Waals surface area contributed by atoms with E-state index in [1.807, 2.05) is 32.0 Å². The van der Waals surface area contributed by atoms with E-state index in [0.29, 0.717) is 17.2 Å². The summed E-state index contributed by atoms with van der Waals surface area (Å²) in [6.07, 6.45) is 0. The predicted molar refractivity (Wildman–Crippen MR) is 89.6 cm³/mol. The number of benzene rings is 2. The number of anilines is 1. The maximum atomic E-state index is 12.1. The molecule has 2 aromatic rings. The minimum Gasteiger partial charge on any atom is -0.497 e. The van der Waals surface area contributed by atoms with Gasteiger partial charge in [-0.25, -0.2) is 0 Å². The first kappa shape index (κ1) is 16.7. The summed E-state index contributed by atoms with van der Waals surface area (Å²) in [4.78, 5) is 12.1. The lowest BCUT2D eigenvalue weighted by Crippen LogP contribution is -2.21. The Hall–Kier alpha value is -2.69. The van der Waals surface area contributed by atoms with Gasteiger partial charge >= 0.3 is 0 Å². The third-order valence-electron chi connectivity index (χ3n) is 3.44. The number of hydrogen-bond acceptors (Lipinski definition) is 4. The highest BCUT2D eigenvalue weighted by Gasteiger charge is 2.11. The topological polar surface area (TPSA) is 56.8 Å². The van der Waals surface area contributed by atoms with Crippen molar-refractivity contribution in [1.29, 1.82) is 0 Å². The van der Waals surface area contributed by atoms with Crippen LogP contribution in [0.25, 0.3) is 0 Å². The SMILES string of the molecule is COc1ccc(NC(=O)COc2c(C)cccc2C)c(OC)c1. The van der Waals surface area contributed by atoms with Crippen LogP contribution < -0.4 is 19.5 Å². The van der Waals surface area contributed by atoms with Crippen LogP contribution in [0.15, 0.2) is 36.4 Å². The van der Waals surface area contributed by atoms with Crippen LogP contribution in [0.2, 0.25) is 0 Å². The lowest BCUT2D eigenvalue weighted by molar-refractivity contribution is -0.118. The van der Waals surface area contributed by atoms with Crippen LogP contribution in [0, 0.1) is 13.8 Å². The Morgan fingerprint density at radius 3 is 2.35 bits per heavy atom. The second-order valence-corrected chi connectivity index (χ2v) is 5.12. The molecule has 5 heteroatoms. The molecule has 0 radical (unpaired) electrons. The zero-order valence-corrected chi connectivity index (χ0v) is 13.8. The van der Waals surface area contributed by atoms with Crippen LogP contribution in [0.3, 0.4) is 0 Å². The highest BCUT2D eigenvalue weighted by atomic mass is 16.5. The van der Waals surface area contributed by atoms with Gasteiger partial charge in [0.25, 0.3) is 5.91 Å². The zero-order valence-electron chi connectivity index (χ0n) is 13.8. The Labute approximate surface area is 136 Å². The van der Waals surface area contributed by atoms with E-state index in [1.54, 1.807) is 25.3 Å². The van der Waals surface area contributed by atoms with Crippen molar-refractivity contribution in [2.45, 2.75) is 13.8 Å². The van der Waals surface area contributed by atoms with Crippen LogP contribution in [0.5, 0.6) is 17.2 Å². The maximum absolute atomic E-state index is 12.1. The summed E-state index contributed by atoms with van der Waals surface area (Å²) in [6.45, 7) is 3.83. The molecule has 2 aromatic carbocycles. The maximum Gasteiger partial charge on any atom is 0.262 e. The van der Waals surface area contributed by atoms with E-state index < -0.39 is 0 Å². The van der Waals surface area contributed by atoms with Crippen molar-refractivity contribution < 1.29 is 19.0 Å². The van der Waals surface area contributed by atoms with Gasteiger partial charge in [0.15, 0.2) is 6.61 Å². The first-order valence-corrected chi connectivity index (χ1v) is 7.26. The summed E-state index contributed by atoms with van der Waals surface area (Å²) in [6, 6.07) is 11.1. The molecule has 0 saturated heterocycles. The third-order valence-corrected chi connectivity index (χ3v) is 3.44. The van der Waals surface area contributed by atoms with Gasteiger partial charge in [0.1, 0.15) is 17.2 Å². The molecule has 0 saturated carbocycles. The van der Waals surface area contributed by atoms with Gasteiger partial charge in [-0.1, -0.05) is 18.2 Å². The van der Waals surface area contributed by atoms with E-state index in [1.165, 1.54) is 7.11 Å². The Morgan fingerprint density at radius 1 is 1.04 bits per heavy atom. The summed E-state index contributed by atoms with van der Waals surface area (Å²) in [5.41, 5.74) is 2.57. The van der Waals surface area contributed by atoms with E-state index in [2.05, 4.69) is 5.32 Å². The number of para-hydroxylation sites is 1. The average Bonchev–Trinajstić information content (AvgIpc) is 2.54. The quantitative estimate of drug-likeness (QED) is 0.888. The Morgan fingerprint density at radius 2 is 1.74 bits per heavy atom. The van der Waals surface area contributed by atoms with E-state index in [9.17, 15) is 4.79 Å². The lowest BCUT2D eigenvalue weighted by Gasteiger charge is -2.14.